The minimum absolute atomic E-state index is 0.0266. The van der Waals surface area contributed by atoms with Gasteiger partial charge in [-0.15, -0.1) is 5.48 Å². The highest BCUT2D eigenvalue weighted by atomic mass is 31.2. The molecule has 0 radical (unpaired) electrons. The molecule has 1 aromatic carbocycles. The van der Waals surface area contributed by atoms with Crippen LogP contribution in [0.5, 0.6) is 0 Å². The summed E-state index contributed by atoms with van der Waals surface area (Å²) in [4.78, 5) is 27.0. The van der Waals surface area contributed by atoms with E-state index in [2.05, 4.69) is 13.9 Å². The highest BCUT2D eigenvalue weighted by Gasteiger charge is 2.27. The fraction of sp³-hybridized carbons (Fsp3) is 0.333. The van der Waals surface area contributed by atoms with E-state index in [0.717, 1.165) is 19.8 Å². The van der Waals surface area contributed by atoms with Crippen molar-refractivity contribution in [2.24, 2.45) is 0 Å². The molecule has 0 fully saturated rings. The summed E-state index contributed by atoms with van der Waals surface area (Å²) in [6, 6.07) is 8.96. The Bertz CT molecular complexity index is 512. The molecule has 0 aliphatic heterocycles. The molecule has 1 aromatic rings. The third-order valence-electron chi connectivity index (χ3n) is 2.34. The maximum atomic E-state index is 11.6. The molecule has 0 bridgehead atoms. The predicted molar refractivity (Wildman–Crippen MR) is 72.3 cm³/mol. The fourth-order valence-electron chi connectivity index (χ4n) is 1.25. The Hall–Kier alpha value is -1.89. The van der Waals surface area contributed by atoms with Crippen LogP contribution in [0, 0.1) is 0 Å². The van der Waals surface area contributed by atoms with Crippen LogP contribution in [0.1, 0.15) is 5.56 Å². The van der Waals surface area contributed by atoms with Crippen molar-refractivity contribution in [1.82, 2.24) is 5.48 Å². The number of hydroxylamine groups is 1. The highest BCUT2D eigenvalue weighted by Crippen LogP contribution is 2.45. The fourth-order valence-corrected chi connectivity index (χ4v) is 2.03. The zero-order chi connectivity index (χ0) is 15.7. The van der Waals surface area contributed by atoms with Gasteiger partial charge in [-0.3, -0.25) is 4.57 Å². The minimum atomic E-state index is -3.53. The number of benzene rings is 1. The summed E-state index contributed by atoms with van der Waals surface area (Å²) >= 11 is 0. The minimum Gasteiger partial charge on any atom is -0.443 e. The Labute approximate surface area is 121 Å². The normalized spacial score (nSPS) is 10.8. The summed E-state index contributed by atoms with van der Waals surface area (Å²) in [6.07, 6.45) is -1.57. The lowest BCUT2D eigenvalue weighted by Crippen LogP contribution is -2.29. The van der Waals surface area contributed by atoms with E-state index in [-0.39, 0.29) is 6.61 Å². The first kappa shape index (κ1) is 17.2. The molecule has 1 N–H and O–H groups in total. The SMILES string of the molecule is COP(=O)(CC(=O)ONC(=O)OCc1ccccc1)OC. The molecule has 1 amide bonds. The summed E-state index contributed by atoms with van der Waals surface area (Å²) < 4.78 is 25.5. The third kappa shape index (κ3) is 6.40. The van der Waals surface area contributed by atoms with Gasteiger partial charge in [0.2, 0.25) is 0 Å². The monoisotopic (exact) mass is 317 g/mol. The molecule has 0 saturated heterocycles. The quantitative estimate of drug-likeness (QED) is 0.631. The molecule has 0 unspecified atom stereocenters. The second kappa shape index (κ2) is 8.41. The number of amides is 1. The summed E-state index contributed by atoms with van der Waals surface area (Å²) in [5.41, 5.74) is 2.56. The van der Waals surface area contributed by atoms with Crippen LogP contribution in [-0.4, -0.2) is 32.4 Å². The smallest absolute Gasteiger partial charge is 0.441 e. The Morgan fingerprint density at radius 3 is 2.33 bits per heavy atom. The molecular formula is C12H16NO7P. The standard InChI is InChI=1S/C12H16NO7P/c1-17-21(16,18-2)9-11(14)20-13-12(15)19-8-10-6-4-3-5-7-10/h3-7H,8-9H2,1-2H3,(H,13,15). The van der Waals surface area contributed by atoms with Gasteiger partial charge < -0.3 is 18.6 Å². The van der Waals surface area contributed by atoms with E-state index in [0.29, 0.717) is 0 Å². The number of nitrogens with one attached hydrogen (secondary N) is 1. The van der Waals surface area contributed by atoms with E-state index in [1.165, 1.54) is 0 Å². The molecule has 0 aliphatic rings. The Morgan fingerprint density at radius 2 is 1.76 bits per heavy atom. The van der Waals surface area contributed by atoms with Gasteiger partial charge in [-0.1, -0.05) is 30.3 Å². The molecule has 8 nitrogen and oxygen atoms in total. The van der Waals surface area contributed by atoms with Crippen LogP contribution < -0.4 is 5.48 Å². The third-order valence-corrected chi connectivity index (χ3v) is 4.10. The van der Waals surface area contributed by atoms with Crippen LogP contribution in [0.25, 0.3) is 0 Å². The molecule has 0 aromatic heterocycles. The second-order valence-electron chi connectivity index (χ2n) is 3.77. The molecule has 9 heteroatoms. The number of rotatable bonds is 6. The van der Waals surface area contributed by atoms with Crippen molar-refractivity contribution in [3.8, 4) is 0 Å². The van der Waals surface area contributed by atoms with Crippen molar-refractivity contribution in [3.63, 3.8) is 0 Å². The molecule has 0 saturated carbocycles. The maximum absolute atomic E-state index is 11.6. The Morgan fingerprint density at radius 1 is 1.14 bits per heavy atom. The molecule has 0 atom stereocenters. The highest BCUT2D eigenvalue weighted by molar-refractivity contribution is 7.54. The van der Waals surface area contributed by atoms with Gasteiger partial charge in [0.05, 0.1) is 0 Å². The first-order valence-electron chi connectivity index (χ1n) is 5.86. The van der Waals surface area contributed by atoms with Crippen molar-refractivity contribution in [2.45, 2.75) is 6.61 Å². The summed E-state index contributed by atoms with van der Waals surface area (Å²) in [7, 11) is -1.25. The molecule has 21 heavy (non-hydrogen) atoms. The lowest BCUT2D eigenvalue weighted by molar-refractivity contribution is -0.146. The lowest BCUT2D eigenvalue weighted by Gasteiger charge is -2.12. The number of hydrogen-bond donors (Lipinski definition) is 1. The zero-order valence-corrected chi connectivity index (χ0v) is 12.5. The number of ether oxygens (including phenoxy) is 1. The molecule has 1 rings (SSSR count). The van der Waals surface area contributed by atoms with Gasteiger partial charge >= 0.3 is 19.7 Å². The van der Waals surface area contributed by atoms with Crippen molar-refractivity contribution in [1.29, 1.82) is 0 Å². The van der Waals surface area contributed by atoms with Crippen LogP contribution in [0.3, 0.4) is 0 Å². The van der Waals surface area contributed by atoms with E-state index < -0.39 is 25.8 Å². The first-order valence-corrected chi connectivity index (χ1v) is 7.59. The van der Waals surface area contributed by atoms with Gasteiger partial charge in [0, 0.05) is 14.2 Å². The van der Waals surface area contributed by atoms with E-state index >= 15 is 0 Å². The summed E-state index contributed by atoms with van der Waals surface area (Å²) in [5.74, 6) is -0.973. The molecule has 0 spiro atoms. The van der Waals surface area contributed by atoms with E-state index in [9.17, 15) is 14.2 Å². The average Bonchev–Trinajstić information content (AvgIpc) is 2.51. The lowest BCUT2D eigenvalue weighted by atomic mass is 10.2. The number of carbonyl (C=O) groups is 2. The summed E-state index contributed by atoms with van der Waals surface area (Å²) in [6.45, 7) is 0.0266. The largest absolute Gasteiger partial charge is 0.443 e. The van der Waals surface area contributed by atoms with E-state index in [1.807, 2.05) is 6.07 Å². The van der Waals surface area contributed by atoms with E-state index in [4.69, 9.17) is 4.74 Å². The van der Waals surface area contributed by atoms with Gasteiger partial charge in [-0.05, 0) is 5.56 Å². The van der Waals surface area contributed by atoms with Gasteiger partial charge in [0.15, 0.2) is 6.16 Å². The van der Waals surface area contributed by atoms with Crippen molar-refractivity contribution in [3.05, 3.63) is 35.9 Å². The van der Waals surface area contributed by atoms with Gasteiger partial charge in [-0.25, -0.2) is 9.59 Å². The first-order chi connectivity index (χ1) is 9.99. The Kier molecular flexibility index (Phi) is 6.87. The number of hydrogen-bond acceptors (Lipinski definition) is 7. The maximum Gasteiger partial charge on any atom is 0.441 e. The van der Waals surface area contributed by atoms with Crippen LogP contribution in [0.4, 0.5) is 4.79 Å². The van der Waals surface area contributed by atoms with Crippen molar-refractivity contribution >= 4 is 19.7 Å². The summed E-state index contributed by atoms with van der Waals surface area (Å²) in [5, 5.41) is 0. The van der Waals surface area contributed by atoms with E-state index in [1.54, 1.807) is 29.7 Å². The average molecular weight is 317 g/mol. The molecule has 116 valence electrons. The second-order valence-corrected chi connectivity index (χ2v) is 6.04. The molecular weight excluding hydrogens is 301 g/mol. The molecule has 0 heterocycles. The van der Waals surface area contributed by atoms with Crippen LogP contribution in [-0.2, 0) is 34.6 Å². The van der Waals surface area contributed by atoms with Gasteiger partial charge in [0.25, 0.3) is 0 Å². The van der Waals surface area contributed by atoms with Crippen LogP contribution in [0.15, 0.2) is 30.3 Å². The van der Waals surface area contributed by atoms with Crippen LogP contribution >= 0.6 is 7.60 Å². The molecule has 0 aliphatic carbocycles. The zero-order valence-electron chi connectivity index (χ0n) is 11.6. The van der Waals surface area contributed by atoms with Gasteiger partial charge in [-0.2, -0.15) is 0 Å². The topological polar surface area (TPSA) is 100 Å². The Balaban J connectivity index is 2.30. The predicted octanol–water partition coefficient (Wildman–Crippen LogP) is 1.86. The van der Waals surface area contributed by atoms with Crippen LogP contribution in [0.2, 0.25) is 0 Å². The van der Waals surface area contributed by atoms with Gasteiger partial charge in [0.1, 0.15) is 6.61 Å². The number of carbonyl (C=O) groups excluding carboxylic acids is 2. The van der Waals surface area contributed by atoms with Crippen molar-refractivity contribution in [2.75, 3.05) is 20.4 Å². The van der Waals surface area contributed by atoms with Crippen molar-refractivity contribution < 1.29 is 32.8 Å².